The summed E-state index contributed by atoms with van der Waals surface area (Å²) in [6, 6.07) is 6.20. The molecule has 1 N–H and O–H groups in total. The van der Waals surface area contributed by atoms with Gasteiger partial charge in [0.25, 0.3) is 0 Å². The van der Waals surface area contributed by atoms with Crippen LogP contribution in [-0.4, -0.2) is 18.3 Å². The van der Waals surface area contributed by atoms with Crippen LogP contribution >= 0.6 is 0 Å². The van der Waals surface area contributed by atoms with E-state index < -0.39 is 0 Å². The Labute approximate surface area is 78.2 Å². The van der Waals surface area contributed by atoms with Gasteiger partial charge in [0, 0.05) is 12.5 Å². The highest BCUT2D eigenvalue weighted by molar-refractivity contribution is 5.38. The summed E-state index contributed by atoms with van der Waals surface area (Å²) in [6.45, 7) is 2.93. The summed E-state index contributed by atoms with van der Waals surface area (Å²) in [7, 11) is 0. The second-order valence-electron chi connectivity index (χ2n) is 3.67. The molecule has 70 valence electrons. The van der Waals surface area contributed by atoms with Crippen LogP contribution in [0.15, 0.2) is 18.2 Å². The average molecular weight is 178 g/mol. The van der Waals surface area contributed by atoms with E-state index in [0.29, 0.717) is 6.61 Å². The molecular formula is C11H14O2. The Bertz CT molecular complexity index is 307. The van der Waals surface area contributed by atoms with Crippen molar-refractivity contribution in [3.8, 4) is 5.75 Å². The van der Waals surface area contributed by atoms with E-state index in [1.807, 2.05) is 6.07 Å². The monoisotopic (exact) mass is 178 g/mol. The maximum atomic E-state index is 9.01. The molecule has 1 aromatic carbocycles. The van der Waals surface area contributed by atoms with Gasteiger partial charge in [-0.15, -0.1) is 0 Å². The van der Waals surface area contributed by atoms with Gasteiger partial charge in [0.15, 0.2) is 0 Å². The third kappa shape index (κ3) is 1.68. The van der Waals surface area contributed by atoms with Gasteiger partial charge >= 0.3 is 0 Å². The number of hydrogen-bond donors (Lipinski definition) is 1. The fraction of sp³-hybridized carbons (Fsp3) is 0.455. The fourth-order valence-electron chi connectivity index (χ4n) is 1.70. The Kier molecular flexibility index (Phi) is 2.23. The van der Waals surface area contributed by atoms with Gasteiger partial charge in [-0.3, -0.25) is 0 Å². The van der Waals surface area contributed by atoms with Crippen molar-refractivity contribution in [3.05, 3.63) is 29.3 Å². The molecular weight excluding hydrogens is 164 g/mol. The zero-order chi connectivity index (χ0) is 9.26. The maximum Gasteiger partial charge on any atom is 0.122 e. The molecule has 1 aliphatic heterocycles. The highest BCUT2D eigenvalue weighted by Crippen LogP contribution is 2.27. The standard InChI is InChI=1S/C11H14O2/c1-8-2-3-11-10(4-8)5-9(6-12)7-13-11/h2-4,9,12H,5-7H2,1H3/t9-/m0/s1. The smallest absolute Gasteiger partial charge is 0.122 e. The topological polar surface area (TPSA) is 29.5 Å². The normalized spacial score (nSPS) is 20.6. The molecule has 0 unspecified atom stereocenters. The summed E-state index contributed by atoms with van der Waals surface area (Å²) in [5.41, 5.74) is 2.48. The van der Waals surface area contributed by atoms with Gasteiger partial charge in [0.05, 0.1) is 6.61 Å². The molecule has 1 aliphatic rings. The first kappa shape index (κ1) is 8.57. The van der Waals surface area contributed by atoms with Crippen molar-refractivity contribution in [1.82, 2.24) is 0 Å². The van der Waals surface area contributed by atoms with E-state index >= 15 is 0 Å². The van der Waals surface area contributed by atoms with Crippen LogP contribution < -0.4 is 4.74 Å². The Balaban J connectivity index is 2.27. The summed E-state index contributed by atoms with van der Waals surface area (Å²) < 4.78 is 5.52. The Morgan fingerprint density at radius 1 is 1.54 bits per heavy atom. The van der Waals surface area contributed by atoms with Gasteiger partial charge in [-0.25, -0.2) is 0 Å². The van der Waals surface area contributed by atoms with Crippen molar-refractivity contribution >= 4 is 0 Å². The Morgan fingerprint density at radius 2 is 2.38 bits per heavy atom. The number of ether oxygens (including phenoxy) is 1. The highest BCUT2D eigenvalue weighted by Gasteiger charge is 2.18. The zero-order valence-corrected chi connectivity index (χ0v) is 7.79. The predicted octanol–water partition coefficient (Wildman–Crippen LogP) is 1.54. The van der Waals surface area contributed by atoms with E-state index in [-0.39, 0.29) is 12.5 Å². The number of fused-ring (bicyclic) bond motifs is 1. The minimum Gasteiger partial charge on any atom is -0.493 e. The van der Waals surface area contributed by atoms with Gasteiger partial charge in [-0.05, 0) is 25.0 Å². The number of hydrogen-bond acceptors (Lipinski definition) is 2. The predicted molar refractivity (Wildman–Crippen MR) is 51.0 cm³/mol. The van der Waals surface area contributed by atoms with Crippen molar-refractivity contribution in [3.63, 3.8) is 0 Å². The van der Waals surface area contributed by atoms with Crippen LogP contribution in [0.25, 0.3) is 0 Å². The maximum absolute atomic E-state index is 9.01. The molecule has 0 saturated carbocycles. The molecule has 0 aromatic heterocycles. The van der Waals surface area contributed by atoms with Crippen molar-refractivity contribution < 1.29 is 9.84 Å². The quantitative estimate of drug-likeness (QED) is 0.706. The van der Waals surface area contributed by atoms with Crippen LogP contribution in [0.4, 0.5) is 0 Å². The molecule has 0 aliphatic carbocycles. The molecule has 0 amide bonds. The van der Waals surface area contributed by atoms with E-state index in [0.717, 1.165) is 12.2 Å². The van der Waals surface area contributed by atoms with Crippen molar-refractivity contribution in [2.75, 3.05) is 13.2 Å². The molecule has 0 radical (unpaired) electrons. The van der Waals surface area contributed by atoms with E-state index in [2.05, 4.69) is 19.1 Å². The molecule has 2 rings (SSSR count). The minimum atomic E-state index is 0.216. The van der Waals surface area contributed by atoms with Gasteiger partial charge in [0.2, 0.25) is 0 Å². The Morgan fingerprint density at radius 3 is 3.15 bits per heavy atom. The number of rotatable bonds is 1. The summed E-state index contributed by atoms with van der Waals surface area (Å²) in [5, 5.41) is 9.01. The average Bonchev–Trinajstić information content (AvgIpc) is 2.16. The first-order valence-electron chi connectivity index (χ1n) is 4.63. The first-order valence-corrected chi connectivity index (χ1v) is 4.63. The first-order chi connectivity index (χ1) is 6.29. The van der Waals surface area contributed by atoms with Crippen LogP contribution in [-0.2, 0) is 6.42 Å². The molecule has 0 bridgehead atoms. The number of aliphatic hydroxyl groups excluding tert-OH is 1. The summed E-state index contributed by atoms with van der Waals surface area (Å²) in [4.78, 5) is 0. The molecule has 2 heteroatoms. The number of aryl methyl sites for hydroxylation is 1. The van der Waals surface area contributed by atoms with Crippen molar-refractivity contribution in [1.29, 1.82) is 0 Å². The van der Waals surface area contributed by atoms with Crippen LogP contribution in [0, 0.1) is 12.8 Å². The number of aliphatic hydroxyl groups is 1. The SMILES string of the molecule is Cc1ccc2c(c1)C[C@@H](CO)CO2. The van der Waals surface area contributed by atoms with Crippen LogP contribution in [0.3, 0.4) is 0 Å². The fourth-order valence-corrected chi connectivity index (χ4v) is 1.70. The van der Waals surface area contributed by atoms with E-state index in [1.165, 1.54) is 11.1 Å². The lowest BCUT2D eigenvalue weighted by Gasteiger charge is -2.23. The zero-order valence-electron chi connectivity index (χ0n) is 7.79. The van der Waals surface area contributed by atoms with Gasteiger partial charge in [0.1, 0.15) is 5.75 Å². The summed E-state index contributed by atoms with van der Waals surface area (Å²) >= 11 is 0. The Hall–Kier alpha value is -1.02. The van der Waals surface area contributed by atoms with Crippen LogP contribution in [0.5, 0.6) is 5.75 Å². The summed E-state index contributed by atoms with van der Waals surface area (Å²) in [5.74, 6) is 1.25. The molecule has 1 aromatic rings. The van der Waals surface area contributed by atoms with Gasteiger partial charge in [-0.1, -0.05) is 17.7 Å². The molecule has 0 spiro atoms. The second kappa shape index (κ2) is 3.38. The van der Waals surface area contributed by atoms with E-state index in [4.69, 9.17) is 9.84 Å². The van der Waals surface area contributed by atoms with Crippen LogP contribution in [0.2, 0.25) is 0 Å². The lowest BCUT2D eigenvalue weighted by molar-refractivity contribution is 0.147. The van der Waals surface area contributed by atoms with E-state index in [9.17, 15) is 0 Å². The molecule has 2 nitrogen and oxygen atoms in total. The molecule has 13 heavy (non-hydrogen) atoms. The van der Waals surface area contributed by atoms with Crippen molar-refractivity contribution in [2.45, 2.75) is 13.3 Å². The molecule has 0 fully saturated rings. The summed E-state index contributed by atoms with van der Waals surface area (Å²) in [6.07, 6.45) is 0.938. The molecule has 1 heterocycles. The third-order valence-electron chi connectivity index (χ3n) is 2.46. The van der Waals surface area contributed by atoms with E-state index in [1.54, 1.807) is 0 Å². The highest BCUT2D eigenvalue weighted by atomic mass is 16.5. The lowest BCUT2D eigenvalue weighted by Crippen LogP contribution is -2.23. The molecule has 1 atom stereocenters. The van der Waals surface area contributed by atoms with Crippen molar-refractivity contribution in [2.24, 2.45) is 5.92 Å². The molecule has 0 saturated heterocycles. The second-order valence-corrected chi connectivity index (χ2v) is 3.67. The largest absolute Gasteiger partial charge is 0.493 e. The van der Waals surface area contributed by atoms with Gasteiger partial charge in [-0.2, -0.15) is 0 Å². The lowest BCUT2D eigenvalue weighted by atomic mass is 9.96. The third-order valence-corrected chi connectivity index (χ3v) is 2.46. The van der Waals surface area contributed by atoms with Crippen LogP contribution in [0.1, 0.15) is 11.1 Å². The minimum absolute atomic E-state index is 0.216. The number of benzene rings is 1. The van der Waals surface area contributed by atoms with Gasteiger partial charge < -0.3 is 9.84 Å².